The molecule has 0 fully saturated rings. The normalized spacial score (nSPS) is 12.9. The topological polar surface area (TPSA) is 93.8 Å². The zero-order valence-electron chi connectivity index (χ0n) is 19.3. The van der Waals surface area contributed by atoms with Gasteiger partial charge in [-0.1, -0.05) is 41.9 Å². The number of oxazole rings is 1. The lowest BCUT2D eigenvalue weighted by molar-refractivity contribution is -0.144. The Morgan fingerprint density at radius 1 is 1.03 bits per heavy atom. The minimum absolute atomic E-state index is 0.370. The van der Waals surface area contributed by atoms with Crippen LogP contribution in [0.25, 0.3) is 11.1 Å². The molecule has 0 spiro atoms. The third-order valence-corrected chi connectivity index (χ3v) is 5.63. The van der Waals surface area contributed by atoms with E-state index in [9.17, 15) is 4.79 Å². The van der Waals surface area contributed by atoms with Crippen molar-refractivity contribution in [2.24, 2.45) is 0 Å². The number of carboxylic acids is 1. The highest BCUT2D eigenvalue weighted by molar-refractivity contribution is 6.31. The lowest BCUT2D eigenvalue weighted by Crippen LogP contribution is -2.23. The molecule has 2 unspecified atom stereocenters. The van der Waals surface area contributed by atoms with Gasteiger partial charge in [0, 0.05) is 11.4 Å². The molecule has 7 nitrogen and oxygen atoms in total. The number of aromatic nitrogens is 1. The number of ether oxygens (including phenoxy) is 2. The number of hydrogen-bond acceptors (Lipinski definition) is 6. The minimum Gasteiger partial charge on any atom is -0.481 e. The van der Waals surface area contributed by atoms with Gasteiger partial charge >= 0.3 is 5.97 Å². The second-order valence-electron chi connectivity index (χ2n) is 8.12. The van der Waals surface area contributed by atoms with Crippen molar-refractivity contribution >= 4 is 28.7 Å². The highest BCUT2D eigenvalue weighted by atomic mass is 35.5. The summed E-state index contributed by atoms with van der Waals surface area (Å²) in [7, 11) is 0. The SMILES string of the molecule is CC(Oc1cccc(CCNCCC(Oc2ccccc2)c2nc3cc(Cl)ccc3o2)c1)C(=O)O. The van der Waals surface area contributed by atoms with Gasteiger partial charge in [-0.3, -0.25) is 0 Å². The van der Waals surface area contributed by atoms with Gasteiger partial charge < -0.3 is 24.3 Å². The van der Waals surface area contributed by atoms with Gasteiger partial charge in [0.05, 0.1) is 0 Å². The molecule has 2 N–H and O–H groups in total. The number of aliphatic carboxylic acids is 1. The number of carboxylic acid groups (broad SMARTS) is 1. The fourth-order valence-corrected chi connectivity index (χ4v) is 3.74. The van der Waals surface area contributed by atoms with Gasteiger partial charge in [-0.2, -0.15) is 0 Å². The summed E-state index contributed by atoms with van der Waals surface area (Å²) in [6.07, 6.45) is 0.150. The number of halogens is 1. The van der Waals surface area contributed by atoms with Crippen molar-refractivity contribution in [3.05, 3.63) is 89.3 Å². The van der Waals surface area contributed by atoms with Crippen LogP contribution in [-0.4, -0.2) is 35.3 Å². The quantitative estimate of drug-likeness (QED) is 0.245. The van der Waals surface area contributed by atoms with Crippen molar-refractivity contribution in [2.45, 2.75) is 32.0 Å². The van der Waals surface area contributed by atoms with E-state index in [1.165, 1.54) is 6.92 Å². The summed E-state index contributed by atoms with van der Waals surface area (Å²) in [6.45, 7) is 2.93. The highest BCUT2D eigenvalue weighted by Gasteiger charge is 2.20. The molecule has 0 amide bonds. The molecular formula is C27H27ClN2O5. The monoisotopic (exact) mass is 494 g/mol. The van der Waals surface area contributed by atoms with E-state index in [2.05, 4.69) is 10.3 Å². The predicted molar refractivity (Wildman–Crippen MR) is 134 cm³/mol. The smallest absolute Gasteiger partial charge is 0.344 e. The Hall–Kier alpha value is -3.55. The zero-order valence-corrected chi connectivity index (χ0v) is 20.1. The van der Waals surface area contributed by atoms with E-state index < -0.39 is 12.1 Å². The number of hydrogen-bond donors (Lipinski definition) is 2. The summed E-state index contributed by atoms with van der Waals surface area (Å²) in [4.78, 5) is 15.6. The fourth-order valence-electron chi connectivity index (χ4n) is 3.57. The van der Waals surface area contributed by atoms with E-state index in [0.29, 0.717) is 40.7 Å². The molecule has 1 heterocycles. The molecule has 4 rings (SSSR count). The molecule has 182 valence electrons. The van der Waals surface area contributed by atoms with Crippen LogP contribution in [0.5, 0.6) is 11.5 Å². The number of fused-ring (bicyclic) bond motifs is 1. The van der Waals surface area contributed by atoms with Crippen LogP contribution in [0.3, 0.4) is 0 Å². The van der Waals surface area contributed by atoms with Crippen molar-refractivity contribution in [3.63, 3.8) is 0 Å². The molecule has 4 aromatic rings. The van der Waals surface area contributed by atoms with Crippen LogP contribution in [0.2, 0.25) is 5.02 Å². The molecule has 2 atom stereocenters. The Balaban J connectivity index is 1.34. The van der Waals surface area contributed by atoms with E-state index >= 15 is 0 Å². The van der Waals surface area contributed by atoms with Crippen LogP contribution >= 0.6 is 11.6 Å². The molecule has 0 radical (unpaired) electrons. The molecule has 0 saturated carbocycles. The Kier molecular flexibility index (Phi) is 8.23. The standard InChI is InChI=1S/C27H27ClN2O5/c1-18(27(31)32)33-22-9-5-6-19(16-22)12-14-29-15-13-25(34-21-7-3-2-4-8-21)26-30-23-17-20(28)10-11-24(23)35-26/h2-11,16-18,25,29H,12-15H2,1H3,(H,31,32). The summed E-state index contributed by atoms with van der Waals surface area (Å²) < 4.78 is 17.6. The van der Waals surface area contributed by atoms with Crippen LogP contribution in [-0.2, 0) is 11.2 Å². The molecule has 0 aliphatic heterocycles. The van der Waals surface area contributed by atoms with Gasteiger partial charge in [0.15, 0.2) is 17.8 Å². The minimum atomic E-state index is -0.994. The number of benzene rings is 3. The fraction of sp³-hybridized carbons (Fsp3) is 0.259. The van der Waals surface area contributed by atoms with E-state index in [0.717, 1.165) is 24.3 Å². The highest BCUT2D eigenvalue weighted by Crippen LogP contribution is 2.28. The first-order chi connectivity index (χ1) is 17.0. The van der Waals surface area contributed by atoms with E-state index in [1.54, 1.807) is 24.3 Å². The van der Waals surface area contributed by atoms with Gasteiger partial charge in [0.2, 0.25) is 5.89 Å². The summed E-state index contributed by atoms with van der Waals surface area (Å²) in [5.41, 5.74) is 2.42. The van der Waals surface area contributed by atoms with Crippen LogP contribution in [0.4, 0.5) is 0 Å². The van der Waals surface area contributed by atoms with Gasteiger partial charge in [0.25, 0.3) is 0 Å². The second-order valence-corrected chi connectivity index (χ2v) is 8.55. The molecule has 0 saturated heterocycles. The molecule has 3 aromatic carbocycles. The Morgan fingerprint density at radius 3 is 2.63 bits per heavy atom. The van der Waals surface area contributed by atoms with Crippen LogP contribution in [0, 0.1) is 0 Å². The van der Waals surface area contributed by atoms with Crippen LogP contribution < -0.4 is 14.8 Å². The lowest BCUT2D eigenvalue weighted by Gasteiger charge is -2.16. The Morgan fingerprint density at radius 2 is 1.83 bits per heavy atom. The number of para-hydroxylation sites is 1. The first kappa shape index (κ1) is 24.6. The maximum atomic E-state index is 11.0. The molecule has 0 bridgehead atoms. The Bertz CT molecular complexity index is 1260. The van der Waals surface area contributed by atoms with Crippen molar-refractivity contribution in [3.8, 4) is 11.5 Å². The molecule has 1 aromatic heterocycles. The molecule has 0 aliphatic rings. The molecule has 0 aliphatic carbocycles. The van der Waals surface area contributed by atoms with Crippen LogP contribution in [0.1, 0.15) is 30.9 Å². The predicted octanol–water partition coefficient (Wildman–Crippen LogP) is 5.68. The van der Waals surface area contributed by atoms with E-state index in [-0.39, 0.29) is 6.10 Å². The van der Waals surface area contributed by atoms with E-state index in [1.807, 2.05) is 48.5 Å². The van der Waals surface area contributed by atoms with Gasteiger partial charge in [-0.15, -0.1) is 0 Å². The summed E-state index contributed by atoms with van der Waals surface area (Å²) in [5, 5.41) is 13.1. The largest absolute Gasteiger partial charge is 0.481 e. The lowest BCUT2D eigenvalue weighted by atomic mass is 10.1. The number of carbonyl (C=O) groups is 1. The zero-order chi connectivity index (χ0) is 24.6. The number of rotatable bonds is 12. The van der Waals surface area contributed by atoms with E-state index in [4.69, 9.17) is 30.6 Å². The first-order valence-corrected chi connectivity index (χ1v) is 11.8. The number of nitrogens with zero attached hydrogens (tertiary/aromatic N) is 1. The van der Waals surface area contributed by atoms with Gasteiger partial charge in [-0.25, -0.2) is 9.78 Å². The summed E-state index contributed by atoms with van der Waals surface area (Å²) in [6, 6.07) is 22.4. The summed E-state index contributed by atoms with van der Waals surface area (Å²) in [5.74, 6) is 0.798. The maximum absolute atomic E-state index is 11.0. The van der Waals surface area contributed by atoms with Crippen molar-refractivity contribution in [2.75, 3.05) is 13.1 Å². The van der Waals surface area contributed by atoms with Gasteiger partial charge in [-0.05, 0) is 74.5 Å². The number of nitrogens with one attached hydrogen (secondary N) is 1. The third kappa shape index (κ3) is 6.97. The van der Waals surface area contributed by atoms with Crippen molar-refractivity contribution < 1.29 is 23.8 Å². The molecular weight excluding hydrogens is 468 g/mol. The second kappa shape index (κ2) is 11.7. The van der Waals surface area contributed by atoms with Crippen LogP contribution in [0.15, 0.2) is 77.2 Å². The average molecular weight is 495 g/mol. The van der Waals surface area contributed by atoms with Gasteiger partial charge in [0.1, 0.15) is 17.0 Å². The first-order valence-electron chi connectivity index (χ1n) is 11.4. The third-order valence-electron chi connectivity index (χ3n) is 5.40. The van der Waals surface area contributed by atoms with Crippen molar-refractivity contribution in [1.29, 1.82) is 0 Å². The van der Waals surface area contributed by atoms with Crippen molar-refractivity contribution in [1.82, 2.24) is 10.3 Å². The summed E-state index contributed by atoms with van der Waals surface area (Å²) >= 11 is 6.10. The average Bonchev–Trinajstić information content (AvgIpc) is 3.27. The Labute approximate surface area is 208 Å². The maximum Gasteiger partial charge on any atom is 0.344 e. The molecule has 35 heavy (non-hydrogen) atoms. The molecule has 8 heteroatoms.